The largest absolute Gasteiger partial charge is 0.389 e. The Balaban J connectivity index is 2.85. The summed E-state index contributed by atoms with van der Waals surface area (Å²) >= 11 is 0. The van der Waals surface area contributed by atoms with E-state index in [0.717, 1.165) is 0 Å². The maximum absolute atomic E-state index is 11.8. The number of rotatable bonds is 5. The Labute approximate surface area is 103 Å². The van der Waals surface area contributed by atoms with Crippen LogP contribution in [-0.4, -0.2) is 20.1 Å². The Morgan fingerprint density at radius 3 is 2.12 bits per heavy atom. The fourth-order valence-electron chi connectivity index (χ4n) is 1.29. The van der Waals surface area contributed by atoms with Gasteiger partial charge >= 0.3 is 0 Å². The second kappa shape index (κ2) is 5.62. The lowest BCUT2D eigenvalue weighted by Crippen LogP contribution is -2.27. The van der Waals surface area contributed by atoms with Gasteiger partial charge in [0.1, 0.15) is 0 Å². The van der Waals surface area contributed by atoms with Crippen LogP contribution in [0.2, 0.25) is 0 Å². The van der Waals surface area contributed by atoms with Crippen molar-refractivity contribution in [3.63, 3.8) is 0 Å². The first kappa shape index (κ1) is 14.2. The summed E-state index contributed by atoms with van der Waals surface area (Å²) in [4.78, 5) is 0.225. The van der Waals surface area contributed by atoms with Gasteiger partial charge in [-0.15, -0.1) is 0 Å². The van der Waals surface area contributed by atoms with Crippen molar-refractivity contribution >= 4 is 10.0 Å². The van der Waals surface area contributed by atoms with Crippen LogP contribution in [0.15, 0.2) is 29.2 Å². The molecule has 1 aromatic rings. The van der Waals surface area contributed by atoms with Crippen molar-refractivity contribution in [1.82, 2.24) is 4.72 Å². The summed E-state index contributed by atoms with van der Waals surface area (Å²) in [6.07, 6.45) is -0.588. The highest BCUT2D eigenvalue weighted by Crippen LogP contribution is 2.15. The van der Waals surface area contributed by atoms with E-state index in [1.54, 1.807) is 19.1 Å². The van der Waals surface area contributed by atoms with E-state index < -0.39 is 16.1 Å². The molecule has 0 saturated carbocycles. The van der Waals surface area contributed by atoms with Crippen molar-refractivity contribution < 1.29 is 13.5 Å². The highest BCUT2D eigenvalue weighted by molar-refractivity contribution is 7.89. The number of aliphatic hydroxyl groups is 1. The molecule has 0 fully saturated rings. The molecule has 0 aliphatic carbocycles. The average molecular weight is 257 g/mol. The average Bonchev–Trinajstić information content (AvgIpc) is 2.27. The topological polar surface area (TPSA) is 66.4 Å². The minimum absolute atomic E-state index is 0.225. The minimum atomic E-state index is -3.43. The van der Waals surface area contributed by atoms with Crippen LogP contribution >= 0.6 is 0 Å². The lowest BCUT2D eigenvalue weighted by molar-refractivity contribution is 0.199. The van der Waals surface area contributed by atoms with Crippen LogP contribution in [0, 0.1) is 5.92 Å². The van der Waals surface area contributed by atoms with Crippen LogP contribution in [0.5, 0.6) is 0 Å². The lowest BCUT2D eigenvalue weighted by atomic mass is 10.1. The maximum atomic E-state index is 11.8. The van der Waals surface area contributed by atoms with Gasteiger partial charge in [0, 0.05) is 6.54 Å². The molecule has 0 heterocycles. The van der Waals surface area contributed by atoms with Crippen LogP contribution in [0.1, 0.15) is 32.4 Å². The van der Waals surface area contributed by atoms with Gasteiger partial charge < -0.3 is 5.11 Å². The molecule has 0 amide bonds. The fraction of sp³-hybridized carbons (Fsp3) is 0.500. The summed E-state index contributed by atoms with van der Waals surface area (Å²) in [5.41, 5.74) is 0.702. The number of hydrogen-bond donors (Lipinski definition) is 2. The van der Waals surface area contributed by atoms with E-state index in [1.807, 2.05) is 13.8 Å². The molecule has 0 aromatic heterocycles. The maximum Gasteiger partial charge on any atom is 0.240 e. The Hall–Kier alpha value is -0.910. The molecule has 2 N–H and O–H groups in total. The van der Waals surface area contributed by atoms with E-state index >= 15 is 0 Å². The van der Waals surface area contributed by atoms with Crippen LogP contribution in [-0.2, 0) is 10.0 Å². The molecule has 1 unspecified atom stereocenters. The third-order valence-corrected chi connectivity index (χ3v) is 3.79. The molecule has 1 atom stereocenters. The molecule has 4 nitrogen and oxygen atoms in total. The molecule has 5 heteroatoms. The van der Waals surface area contributed by atoms with E-state index in [-0.39, 0.29) is 10.8 Å². The zero-order chi connectivity index (χ0) is 13.1. The van der Waals surface area contributed by atoms with Crippen molar-refractivity contribution in [3.8, 4) is 0 Å². The molecule has 0 saturated heterocycles. The Morgan fingerprint density at radius 2 is 1.71 bits per heavy atom. The van der Waals surface area contributed by atoms with Crippen molar-refractivity contribution in [2.75, 3.05) is 6.54 Å². The molecule has 96 valence electrons. The summed E-state index contributed by atoms with van der Waals surface area (Å²) in [6, 6.07) is 6.25. The van der Waals surface area contributed by atoms with Gasteiger partial charge in [-0.3, -0.25) is 0 Å². The standard InChI is InChI=1S/C12H19NO3S/c1-9(2)8-13-17(15,16)12-6-4-11(5-7-12)10(3)14/h4-7,9-10,13-14H,8H2,1-3H3. The summed E-state index contributed by atoms with van der Waals surface area (Å²) in [6.45, 7) is 5.94. The molecule has 0 bridgehead atoms. The molecule has 0 aliphatic heterocycles. The molecule has 17 heavy (non-hydrogen) atoms. The van der Waals surface area contributed by atoms with Crippen LogP contribution in [0.3, 0.4) is 0 Å². The zero-order valence-corrected chi connectivity index (χ0v) is 11.2. The normalized spacial score (nSPS) is 13.9. The Bertz CT molecular complexity index is 449. The van der Waals surface area contributed by atoms with E-state index in [9.17, 15) is 13.5 Å². The van der Waals surface area contributed by atoms with Gasteiger partial charge in [-0.05, 0) is 30.5 Å². The summed E-state index contributed by atoms with van der Waals surface area (Å²) in [5.74, 6) is 0.265. The van der Waals surface area contributed by atoms with E-state index in [2.05, 4.69) is 4.72 Å². The second-order valence-corrected chi connectivity index (χ2v) is 6.26. The fourth-order valence-corrected chi connectivity index (χ4v) is 2.50. The lowest BCUT2D eigenvalue weighted by Gasteiger charge is -2.10. The predicted molar refractivity (Wildman–Crippen MR) is 67.1 cm³/mol. The molecule has 0 radical (unpaired) electrons. The summed E-state index contributed by atoms with van der Waals surface area (Å²) in [7, 11) is -3.43. The highest BCUT2D eigenvalue weighted by Gasteiger charge is 2.14. The Kier molecular flexibility index (Phi) is 4.68. The van der Waals surface area contributed by atoms with Gasteiger partial charge in [0.25, 0.3) is 0 Å². The van der Waals surface area contributed by atoms with Crippen molar-refractivity contribution in [1.29, 1.82) is 0 Å². The number of sulfonamides is 1. The Morgan fingerprint density at radius 1 is 1.18 bits per heavy atom. The third-order valence-electron chi connectivity index (χ3n) is 2.35. The van der Waals surface area contributed by atoms with E-state index in [0.29, 0.717) is 12.1 Å². The molecule has 1 aromatic carbocycles. The number of aliphatic hydroxyl groups excluding tert-OH is 1. The van der Waals surface area contributed by atoms with Gasteiger partial charge in [0.2, 0.25) is 10.0 Å². The smallest absolute Gasteiger partial charge is 0.240 e. The highest BCUT2D eigenvalue weighted by atomic mass is 32.2. The van der Waals surface area contributed by atoms with Crippen molar-refractivity contribution in [2.45, 2.75) is 31.8 Å². The third kappa shape index (κ3) is 4.11. The summed E-state index contributed by atoms with van der Waals surface area (Å²) < 4.78 is 26.2. The molecular formula is C12H19NO3S. The van der Waals surface area contributed by atoms with Gasteiger partial charge in [-0.2, -0.15) is 0 Å². The van der Waals surface area contributed by atoms with Crippen LogP contribution < -0.4 is 4.72 Å². The first-order valence-electron chi connectivity index (χ1n) is 5.60. The quantitative estimate of drug-likeness (QED) is 0.843. The monoisotopic (exact) mass is 257 g/mol. The number of benzene rings is 1. The summed E-state index contributed by atoms with van der Waals surface area (Å²) in [5, 5.41) is 9.33. The SMILES string of the molecule is CC(C)CNS(=O)(=O)c1ccc(C(C)O)cc1. The van der Waals surface area contributed by atoms with E-state index in [4.69, 9.17) is 0 Å². The van der Waals surface area contributed by atoms with Crippen LogP contribution in [0.4, 0.5) is 0 Å². The predicted octanol–water partition coefficient (Wildman–Crippen LogP) is 1.67. The zero-order valence-electron chi connectivity index (χ0n) is 10.3. The van der Waals surface area contributed by atoms with Gasteiger partial charge in [-0.1, -0.05) is 26.0 Å². The van der Waals surface area contributed by atoms with E-state index in [1.165, 1.54) is 12.1 Å². The van der Waals surface area contributed by atoms with Crippen molar-refractivity contribution in [3.05, 3.63) is 29.8 Å². The van der Waals surface area contributed by atoms with Gasteiger partial charge in [0.15, 0.2) is 0 Å². The van der Waals surface area contributed by atoms with Crippen molar-refractivity contribution in [2.24, 2.45) is 5.92 Å². The molecule has 0 spiro atoms. The number of hydrogen-bond acceptors (Lipinski definition) is 3. The molecular weight excluding hydrogens is 238 g/mol. The first-order valence-corrected chi connectivity index (χ1v) is 7.09. The molecule has 1 rings (SSSR count). The minimum Gasteiger partial charge on any atom is -0.389 e. The van der Waals surface area contributed by atoms with Gasteiger partial charge in [-0.25, -0.2) is 13.1 Å². The first-order chi connectivity index (χ1) is 7.83. The van der Waals surface area contributed by atoms with Crippen LogP contribution in [0.25, 0.3) is 0 Å². The second-order valence-electron chi connectivity index (χ2n) is 4.49. The molecule has 0 aliphatic rings. The van der Waals surface area contributed by atoms with Gasteiger partial charge in [0.05, 0.1) is 11.0 Å². The number of nitrogens with one attached hydrogen (secondary N) is 1.